The monoisotopic (exact) mass is 227 g/mol. The summed E-state index contributed by atoms with van der Waals surface area (Å²) in [5, 5.41) is 3.55. The van der Waals surface area contributed by atoms with Gasteiger partial charge in [-0.1, -0.05) is 33.1 Å². The summed E-state index contributed by atoms with van der Waals surface area (Å²) in [4.78, 5) is 0. The van der Waals surface area contributed by atoms with E-state index in [-0.39, 0.29) is 0 Å². The Morgan fingerprint density at radius 3 is 2.38 bits per heavy atom. The van der Waals surface area contributed by atoms with Crippen LogP contribution in [0.15, 0.2) is 0 Å². The molecule has 0 atom stereocenters. The van der Waals surface area contributed by atoms with E-state index in [1.807, 2.05) is 7.11 Å². The molecule has 0 saturated heterocycles. The van der Waals surface area contributed by atoms with Gasteiger partial charge >= 0.3 is 0 Å². The van der Waals surface area contributed by atoms with Crippen LogP contribution in [-0.4, -0.2) is 26.3 Å². The first-order valence-electron chi connectivity index (χ1n) is 6.91. The van der Waals surface area contributed by atoms with Crippen LogP contribution in [0.2, 0.25) is 0 Å². The Morgan fingerprint density at radius 2 is 1.81 bits per heavy atom. The third-order valence-electron chi connectivity index (χ3n) is 3.96. The van der Waals surface area contributed by atoms with Crippen molar-refractivity contribution < 1.29 is 4.74 Å². The topological polar surface area (TPSA) is 21.3 Å². The molecule has 1 rings (SSSR count). The van der Waals surface area contributed by atoms with Crippen LogP contribution in [0, 0.1) is 5.41 Å². The summed E-state index contributed by atoms with van der Waals surface area (Å²) in [7, 11) is 1.82. The van der Waals surface area contributed by atoms with Crippen molar-refractivity contribution >= 4 is 0 Å². The van der Waals surface area contributed by atoms with Crippen LogP contribution >= 0.6 is 0 Å². The van der Waals surface area contributed by atoms with Crippen molar-refractivity contribution in [3.63, 3.8) is 0 Å². The summed E-state index contributed by atoms with van der Waals surface area (Å²) < 4.78 is 5.28. The van der Waals surface area contributed by atoms with E-state index in [1.165, 1.54) is 51.5 Å². The molecule has 0 unspecified atom stereocenters. The fourth-order valence-electron chi connectivity index (χ4n) is 2.87. The van der Waals surface area contributed by atoms with Gasteiger partial charge in [-0.2, -0.15) is 0 Å². The second-order valence-corrected chi connectivity index (χ2v) is 5.66. The summed E-state index contributed by atoms with van der Waals surface area (Å²) in [6, 6.07) is 0.614. The van der Waals surface area contributed by atoms with Gasteiger partial charge in [-0.15, -0.1) is 0 Å². The number of hydrogen-bond donors (Lipinski definition) is 1. The fraction of sp³-hybridized carbons (Fsp3) is 1.00. The van der Waals surface area contributed by atoms with Crippen LogP contribution in [0.1, 0.15) is 58.8 Å². The average Bonchev–Trinajstić information content (AvgIpc) is 2.27. The predicted octanol–water partition coefficient (Wildman–Crippen LogP) is 3.36. The van der Waals surface area contributed by atoms with E-state index < -0.39 is 0 Å². The van der Waals surface area contributed by atoms with Crippen molar-refractivity contribution in [2.45, 2.75) is 64.8 Å². The van der Waals surface area contributed by atoms with Crippen molar-refractivity contribution in [2.24, 2.45) is 5.41 Å². The molecule has 96 valence electrons. The molecule has 0 heterocycles. The largest absolute Gasteiger partial charge is 0.385 e. The van der Waals surface area contributed by atoms with E-state index >= 15 is 0 Å². The Bertz CT molecular complexity index is 174. The van der Waals surface area contributed by atoms with Crippen molar-refractivity contribution in [3.8, 4) is 0 Å². The molecule has 0 radical (unpaired) electrons. The quantitative estimate of drug-likeness (QED) is 0.720. The minimum atomic E-state index is 0.580. The summed E-state index contributed by atoms with van der Waals surface area (Å²) in [5.41, 5.74) is 0.580. The van der Waals surface area contributed by atoms with Gasteiger partial charge in [-0.25, -0.2) is 0 Å². The van der Waals surface area contributed by atoms with Gasteiger partial charge in [0.05, 0.1) is 0 Å². The van der Waals surface area contributed by atoms with Crippen LogP contribution in [0.5, 0.6) is 0 Å². The zero-order valence-corrected chi connectivity index (χ0v) is 11.3. The second-order valence-electron chi connectivity index (χ2n) is 5.66. The maximum atomic E-state index is 5.28. The van der Waals surface area contributed by atoms with Gasteiger partial charge < -0.3 is 10.1 Å². The maximum Gasteiger partial charge on any atom is 0.0467 e. The standard InChI is InChI=1S/C14H29NO/c1-13(2)15-11-9-14(10-12-16-3)7-5-4-6-8-14/h13,15H,4-12H2,1-3H3. The Balaban J connectivity index is 2.36. The van der Waals surface area contributed by atoms with Gasteiger partial charge in [0.15, 0.2) is 0 Å². The van der Waals surface area contributed by atoms with E-state index in [2.05, 4.69) is 19.2 Å². The highest BCUT2D eigenvalue weighted by atomic mass is 16.5. The minimum absolute atomic E-state index is 0.580. The molecule has 0 aromatic carbocycles. The van der Waals surface area contributed by atoms with Crippen molar-refractivity contribution in [3.05, 3.63) is 0 Å². The van der Waals surface area contributed by atoms with Crippen molar-refractivity contribution in [1.29, 1.82) is 0 Å². The normalized spacial score (nSPS) is 20.2. The number of methoxy groups -OCH3 is 1. The molecule has 0 aliphatic heterocycles. The average molecular weight is 227 g/mol. The summed E-state index contributed by atoms with van der Waals surface area (Å²) in [6.45, 7) is 6.55. The lowest BCUT2D eigenvalue weighted by Gasteiger charge is -2.37. The van der Waals surface area contributed by atoms with E-state index in [4.69, 9.17) is 4.74 Å². The van der Waals surface area contributed by atoms with Gasteiger partial charge in [0.2, 0.25) is 0 Å². The molecule has 0 bridgehead atoms. The first-order valence-corrected chi connectivity index (χ1v) is 6.91. The Morgan fingerprint density at radius 1 is 1.12 bits per heavy atom. The highest BCUT2D eigenvalue weighted by Gasteiger charge is 2.30. The molecular formula is C14H29NO. The zero-order chi connectivity index (χ0) is 11.9. The van der Waals surface area contributed by atoms with Crippen LogP contribution < -0.4 is 5.32 Å². The Kier molecular flexibility index (Phi) is 6.37. The van der Waals surface area contributed by atoms with E-state index in [9.17, 15) is 0 Å². The number of ether oxygens (including phenoxy) is 1. The fourth-order valence-corrected chi connectivity index (χ4v) is 2.87. The molecule has 0 aromatic rings. The third-order valence-corrected chi connectivity index (χ3v) is 3.96. The third kappa shape index (κ3) is 4.84. The van der Waals surface area contributed by atoms with Gasteiger partial charge in [-0.3, -0.25) is 0 Å². The first-order chi connectivity index (χ1) is 7.68. The molecular weight excluding hydrogens is 198 g/mol. The molecule has 0 aromatic heterocycles. The number of nitrogens with one attached hydrogen (secondary N) is 1. The van der Waals surface area contributed by atoms with E-state index in [0.717, 1.165) is 6.61 Å². The van der Waals surface area contributed by atoms with Gasteiger partial charge in [0.1, 0.15) is 0 Å². The zero-order valence-electron chi connectivity index (χ0n) is 11.3. The lowest BCUT2D eigenvalue weighted by molar-refractivity contribution is 0.0941. The van der Waals surface area contributed by atoms with Crippen LogP contribution in [0.4, 0.5) is 0 Å². The Hall–Kier alpha value is -0.0800. The molecule has 0 amide bonds. The van der Waals surface area contributed by atoms with E-state index in [1.54, 1.807) is 0 Å². The molecule has 1 aliphatic rings. The second kappa shape index (κ2) is 7.29. The maximum absolute atomic E-state index is 5.28. The Labute approximate surface area is 101 Å². The molecule has 0 spiro atoms. The van der Waals surface area contributed by atoms with Crippen LogP contribution in [-0.2, 0) is 4.74 Å². The number of rotatable bonds is 7. The predicted molar refractivity (Wildman–Crippen MR) is 69.8 cm³/mol. The SMILES string of the molecule is COCCC1(CCNC(C)C)CCCCC1. The molecule has 2 heteroatoms. The molecule has 1 N–H and O–H groups in total. The minimum Gasteiger partial charge on any atom is -0.385 e. The van der Waals surface area contributed by atoms with E-state index in [0.29, 0.717) is 11.5 Å². The van der Waals surface area contributed by atoms with Gasteiger partial charge in [-0.05, 0) is 37.6 Å². The molecule has 1 aliphatic carbocycles. The molecule has 1 fully saturated rings. The van der Waals surface area contributed by atoms with Crippen molar-refractivity contribution in [1.82, 2.24) is 5.32 Å². The van der Waals surface area contributed by atoms with Crippen molar-refractivity contribution in [2.75, 3.05) is 20.3 Å². The van der Waals surface area contributed by atoms with Gasteiger partial charge in [0, 0.05) is 19.8 Å². The highest BCUT2D eigenvalue weighted by Crippen LogP contribution is 2.41. The summed E-state index contributed by atoms with van der Waals surface area (Å²) in [6.07, 6.45) is 9.69. The highest BCUT2D eigenvalue weighted by molar-refractivity contribution is 4.83. The molecule has 2 nitrogen and oxygen atoms in total. The first kappa shape index (κ1) is 14.0. The molecule has 1 saturated carbocycles. The lowest BCUT2D eigenvalue weighted by atomic mass is 9.70. The summed E-state index contributed by atoms with van der Waals surface area (Å²) >= 11 is 0. The van der Waals surface area contributed by atoms with Crippen LogP contribution in [0.25, 0.3) is 0 Å². The smallest absolute Gasteiger partial charge is 0.0467 e. The van der Waals surface area contributed by atoms with Crippen LogP contribution in [0.3, 0.4) is 0 Å². The molecule has 16 heavy (non-hydrogen) atoms. The summed E-state index contributed by atoms with van der Waals surface area (Å²) in [5.74, 6) is 0. The lowest BCUT2D eigenvalue weighted by Crippen LogP contribution is -2.32. The van der Waals surface area contributed by atoms with Gasteiger partial charge in [0.25, 0.3) is 0 Å². The number of hydrogen-bond acceptors (Lipinski definition) is 2.